The van der Waals surface area contributed by atoms with E-state index in [0.29, 0.717) is 42.9 Å². The fourth-order valence-electron chi connectivity index (χ4n) is 6.84. The van der Waals surface area contributed by atoms with Crippen LogP contribution in [-0.2, 0) is 17.7 Å². The number of hydrogen-bond donors (Lipinski definition) is 1. The summed E-state index contributed by atoms with van der Waals surface area (Å²) in [6, 6.07) is 3.22. The van der Waals surface area contributed by atoms with Crippen molar-refractivity contribution in [3.05, 3.63) is 49.2 Å². The fraction of sp³-hybridized carbons (Fsp3) is 0.667. The number of H-pyrrole nitrogens is 1. The van der Waals surface area contributed by atoms with E-state index >= 15 is 0 Å². The van der Waals surface area contributed by atoms with Crippen molar-refractivity contribution in [3.63, 3.8) is 0 Å². The molecule has 2 aromatic heterocycles. The Morgan fingerprint density at radius 2 is 1.79 bits per heavy atom. The molecule has 3 fully saturated rings. The maximum atomic E-state index is 13.7. The molecule has 6 rings (SSSR count). The SMILES string of the molecule is CCN(c1sc2c(c1C)C(=O)N(Cc1c(C)cc(C)[nH]c1=O)CC2)C1CCC(N2CC(OC3CC3)C2)CC1. The first kappa shape index (κ1) is 26.1. The van der Waals surface area contributed by atoms with Crippen molar-refractivity contribution < 1.29 is 9.53 Å². The number of ether oxygens (including phenoxy) is 1. The van der Waals surface area contributed by atoms with Crippen LogP contribution in [0, 0.1) is 20.8 Å². The van der Waals surface area contributed by atoms with Crippen LogP contribution in [-0.4, -0.2) is 71.2 Å². The summed E-state index contributed by atoms with van der Waals surface area (Å²) in [5.74, 6) is 0.0751. The molecule has 2 aromatic rings. The van der Waals surface area contributed by atoms with Crippen molar-refractivity contribution >= 4 is 22.2 Å². The Morgan fingerprint density at radius 1 is 1.05 bits per heavy atom. The smallest absolute Gasteiger partial charge is 0.255 e. The first-order chi connectivity index (χ1) is 18.3. The van der Waals surface area contributed by atoms with Gasteiger partial charge in [0, 0.05) is 60.8 Å². The second kappa shape index (κ2) is 10.4. The van der Waals surface area contributed by atoms with Crippen molar-refractivity contribution in [1.29, 1.82) is 0 Å². The number of fused-ring (bicyclic) bond motifs is 1. The normalized spacial score (nSPS) is 24.4. The predicted molar refractivity (Wildman–Crippen MR) is 153 cm³/mol. The van der Waals surface area contributed by atoms with E-state index in [4.69, 9.17) is 4.74 Å². The minimum absolute atomic E-state index is 0.0751. The molecule has 4 heterocycles. The number of aromatic amines is 1. The molecule has 206 valence electrons. The second-order valence-electron chi connectivity index (χ2n) is 11.9. The molecule has 1 saturated heterocycles. The van der Waals surface area contributed by atoms with Gasteiger partial charge in [0.1, 0.15) is 0 Å². The van der Waals surface area contributed by atoms with E-state index in [-0.39, 0.29) is 11.5 Å². The summed E-state index contributed by atoms with van der Waals surface area (Å²) >= 11 is 1.83. The van der Waals surface area contributed by atoms with Gasteiger partial charge in [-0.25, -0.2) is 0 Å². The lowest BCUT2D eigenvalue weighted by Crippen LogP contribution is -2.58. The van der Waals surface area contributed by atoms with E-state index in [1.54, 1.807) is 0 Å². The number of pyridine rings is 1. The topological polar surface area (TPSA) is 68.9 Å². The molecule has 0 atom stereocenters. The van der Waals surface area contributed by atoms with E-state index in [1.165, 1.54) is 48.4 Å². The monoisotopic (exact) mass is 538 g/mol. The number of amides is 1. The number of thiophene rings is 1. The summed E-state index contributed by atoms with van der Waals surface area (Å²) < 4.78 is 6.08. The second-order valence-corrected chi connectivity index (χ2v) is 13.0. The maximum absolute atomic E-state index is 13.7. The highest BCUT2D eigenvalue weighted by Gasteiger charge is 2.39. The lowest BCUT2D eigenvalue weighted by Gasteiger charge is -2.47. The van der Waals surface area contributed by atoms with Crippen LogP contribution in [0.25, 0.3) is 0 Å². The van der Waals surface area contributed by atoms with Crippen LogP contribution >= 0.6 is 11.3 Å². The number of hydrogen-bond acceptors (Lipinski definition) is 6. The number of carbonyl (C=O) groups is 1. The van der Waals surface area contributed by atoms with Gasteiger partial charge in [-0.05, 0) is 83.4 Å². The third kappa shape index (κ3) is 4.95. The van der Waals surface area contributed by atoms with E-state index in [2.05, 4.69) is 28.6 Å². The van der Waals surface area contributed by atoms with Gasteiger partial charge in [0.2, 0.25) is 0 Å². The van der Waals surface area contributed by atoms with Gasteiger partial charge in [-0.3, -0.25) is 14.5 Å². The summed E-state index contributed by atoms with van der Waals surface area (Å²) in [5, 5.41) is 1.28. The van der Waals surface area contributed by atoms with Crippen LogP contribution in [0.15, 0.2) is 10.9 Å². The van der Waals surface area contributed by atoms with E-state index in [9.17, 15) is 9.59 Å². The Hall–Kier alpha value is -2.16. The molecule has 2 aliphatic heterocycles. The summed E-state index contributed by atoms with van der Waals surface area (Å²) in [4.78, 5) is 37.5. The van der Waals surface area contributed by atoms with Crippen molar-refractivity contribution in [2.24, 2.45) is 0 Å². The van der Waals surface area contributed by atoms with Gasteiger partial charge in [0.15, 0.2) is 0 Å². The zero-order chi connectivity index (χ0) is 26.6. The largest absolute Gasteiger partial charge is 0.372 e. The van der Waals surface area contributed by atoms with Crippen LogP contribution in [0.4, 0.5) is 5.00 Å². The van der Waals surface area contributed by atoms with Crippen LogP contribution in [0.2, 0.25) is 0 Å². The number of nitrogens with one attached hydrogen (secondary N) is 1. The summed E-state index contributed by atoms with van der Waals surface area (Å²) in [7, 11) is 0. The highest BCUT2D eigenvalue weighted by atomic mass is 32.1. The average molecular weight is 539 g/mol. The molecule has 8 heteroatoms. The van der Waals surface area contributed by atoms with Gasteiger partial charge < -0.3 is 19.5 Å². The Balaban J connectivity index is 1.12. The number of anilines is 1. The number of nitrogens with zero attached hydrogens (tertiary/aromatic N) is 3. The van der Waals surface area contributed by atoms with Crippen LogP contribution in [0.5, 0.6) is 0 Å². The van der Waals surface area contributed by atoms with Crippen LogP contribution < -0.4 is 10.5 Å². The van der Waals surface area contributed by atoms with Gasteiger partial charge in [-0.15, -0.1) is 11.3 Å². The molecule has 0 bridgehead atoms. The van der Waals surface area contributed by atoms with Gasteiger partial charge in [0.05, 0.1) is 29.3 Å². The molecule has 0 aromatic carbocycles. The van der Waals surface area contributed by atoms with Gasteiger partial charge >= 0.3 is 0 Å². The minimum atomic E-state index is -0.0826. The highest BCUT2D eigenvalue weighted by molar-refractivity contribution is 7.16. The quantitative estimate of drug-likeness (QED) is 0.534. The van der Waals surface area contributed by atoms with E-state index in [0.717, 1.165) is 48.4 Å². The Labute approximate surface area is 230 Å². The van der Waals surface area contributed by atoms with Gasteiger partial charge in [-0.1, -0.05) is 0 Å². The summed E-state index contributed by atoms with van der Waals surface area (Å²) in [6.45, 7) is 12.5. The van der Waals surface area contributed by atoms with Crippen molar-refractivity contribution in [2.75, 3.05) is 31.1 Å². The van der Waals surface area contributed by atoms with Gasteiger partial charge in [0.25, 0.3) is 11.5 Å². The number of likely N-dealkylation sites (tertiary alicyclic amines) is 1. The van der Waals surface area contributed by atoms with E-state index in [1.807, 2.05) is 36.2 Å². The van der Waals surface area contributed by atoms with E-state index < -0.39 is 0 Å². The van der Waals surface area contributed by atoms with Crippen molar-refractivity contribution in [1.82, 2.24) is 14.8 Å². The molecule has 38 heavy (non-hydrogen) atoms. The number of aryl methyl sites for hydroxylation is 2. The Kier molecular flexibility index (Phi) is 7.16. The molecular formula is C30H42N4O3S. The highest BCUT2D eigenvalue weighted by Crippen LogP contribution is 2.42. The molecule has 0 spiro atoms. The Bertz CT molecular complexity index is 1250. The molecule has 0 radical (unpaired) electrons. The number of rotatable bonds is 8. The first-order valence-corrected chi connectivity index (χ1v) is 15.4. The summed E-state index contributed by atoms with van der Waals surface area (Å²) in [5.41, 5.74) is 4.42. The molecule has 7 nitrogen and oxygen atoms in total. The zero-order valence-electron chi connectivity index (χ0n) is 23.3. The fourth-order valence-corrected chi connectivity index (χ4v) is 8.26. The van der Waals surface area contributed by atoms with Gasteiger partial charge in [-0.2, -0.15) is 0 Å². The standard InChI is InChI=1S/C30H42N4O3S/c1-5-34(22-8-6-21(7-9-22)33-15-24(16-33)37-23-10-11-23)30-20(4)27-26(38-30)12-13-32(29(27)36)17-25-18(2)14-19(3)31-28(25)35/h14,21-24H,5-13,15-17H2,1-4H3,(H,31,35). The van der Waals surface area contributed by atoms with Crippen LogP contribution in [0.3, 0.4) is 0 Å². The molecule has 2 aliphatic carbocycles. The maximum Gasteiger partial charge on any atom is 0.255 e. The van der Waals surface area contributed by atoms with Crippen LogP contribution in [0.1, 0.15) is 83.1 Å². The predicted octanol–water partition coefficient (Wildman–Crippen LogP) is 4.56. The minimum Gasteiger partial charge on any atom is -0.372 e. The third-order valence-corrected chi connectivity index (χ3v) is 10.5. The third-order valence-electron chi connectivity index (χ3n) is 9.16. The molecule has 2 saturated carbocycles. The molecule has 4 aliphatic rings. The molecule has 0 unspecified atom stereocenters. The molecule has 1 amide bonds. The number of aromatic nitrogens is 1. The average Bonchev–Trinajstić information content (AvgIpc) is 3.63. The molecule has 1 N–H and O–H groups in total. The first-order valence-electron chi connectivity index (χ1n) is 14.6. The lowest BCUT2D eigenvalue weighted by atomic mass is 9.87. The molecular weight excluding hydrogens is 496 g/mol. The summed E-state index contributed by atoms with van der Waals surface area (Å²) in [6.07, 6.45) is 9.32. The Morgan fingerprint density at radius 3 is 2.45 bits per heavy atom. The zero-order valence-corrected chi connectivity index (χ0v) is 24.2. The van der Waals surface area contributed by atoms with Crippen molar-refractivity contribution in [2.45, 2.75) is 103 Å². The number of carbonyl (C=O) groups excluding carboxylic acids is 1. The lowest BCUT2D eigenvalue weighted by molar-refractivity contribution is -0.0845. The van der Waals surface area contributed by atoms with Crippen molar-refractivity contribution in [3.8, 4) is 0 Å².